The number of ether oxygens (including phenoxy) is 1. The maximum atomic E-state index is 6.02. The average molecular weight is 480 g/mol. The van der Waals surface area contributed by atoms with Crippen molar-refractivity contribution in [1.82, 2.24) is 4.90 Å². The van der Waals surface area contributed by atoms with Crippen LogP contribution < -0.4 is 15.0 Å². The number of benzene rings is 2. The number of anilines is 2. The molecule has 184 valence electrons. The molecular weight excluding hydrogens is 438 g/mol. The second kappa shape index (κ2) is 11.9. The van der Waals surface area contributed by atoms with Crippen molar-refractivity contribution in [2.75, 3.05) is 29.9 Å². The molecule has 1 fully saturated rings. The third kappa shape index (κ3) is 6.04. The minimum atomic E-state index is 0.476. The third-order valence-corrected chi connectivity index (χ3v) is 7.69. The van der Waals surface area contributed by atoms with Crippen LogP contribution in [0.5, 0.6) is 5.75 Å². The van der Waals surface area contributed by atoms with Gasteiger partial charge in [-0.1, -0.05) is 38.8 Å². The number of hydrogen-bond donors (Lipinski definition) is 1. The maximum Gasteiger partial charge on any atom is 0.173 e. The second-order valence-electron chi connectivity index (χ2n) is 9.90. The highest BCUT2D eigenvalue weighted by atomic mass is 32.1. The predicted molar refractivity (Wildman–Crippen MR) is 148 cm³/mol. The number of thiocarbonyl (C=S) groups is 1. The lowest BCUT2D eigenvalue weighted by molar-refractivity contribution is 0.177. The number of fused-ring (bicyclic) bond motifs is 1. The standard InChI is InChI=1S/C29H41N3OS/c1-4-18-31-19-8-10-24-20-23(12-17-28(24)31)21-32(27-11-7-6-9-22(27)3)29(34)30-25-13-15-26(16-14-25)33-5-2/h12-17,20,22,27H,4-11,18-19,21H2,1-3H3,(H,30,34). The summed E-state index contributed by atoms with van der Waals surface area (Å²) >= 11 is 6.02. The molecule has 5 heteroatoms. The lowest BCUT2D eigenvalue weighted by Crippen LogP contribution is -2.46. The van der Waals surface area contributed by atoms with Crippen molar-refractivity contribution in [3.8, 4) is 5.75 Å². The van der Waals surface area contributed by atoms with Gasteiger partial charge in [0.1, 0.15) is 5.75 Å². The monoisotopic (exact) mass is 479 g/mol. The van der Waals surface area contributed by atoms with Crippen molar-refractivity contribution >= 4 is 28.7 Å². The van der Waals surface area contributed by atoms with Gasteiger partial charge in [0.05, 0.1) is 6.61 Å². The fourth-order valence-electron chi connectivity index (χ4n) is 5.62. The molecule has 0 spiro atoms. The number of nitrogens with zero attached hydrogens (tertiary/aromatic N) is 2. The van der Waals surface area contributed by atoms with Crippen molar-refractivity contribution < 1.29 is 4.74 Å². The van der Waals surface area contributed by atoms with E-state index in [4.69, 9.17) is 17.0 Å². The summed E-state index contributed by atoms with van der Waals surface area (Å²) in [5.74, 6) is 1.54. The van der Waals surface area contributed by atoms with Gasteiger partial charge in [-0.2, -0.15) is 0 Å². The predicted octanol–water partition coefficient (Wildman–Crippen LogP) is 7.03. The van der Waals surface area contributed by atoms with Gasteiger partial charge in [0.15, 0.2) is 5.11 Å². The van der Waals surface area contributed by atoms with E-state index in [1.807, 2.05) is 19.1 Å². The molecule has 0 aromatic heterocycles. The first-order valence-electron chi connectivity index (χ1n) is 13.3. The van der Waals surface area contributed by atoms with Gasteiger partial charge in [0, 0.05) is 37.1 Å². The average Bonchev–Trinajstić information content (AvgIpc) is 2.85. The lowest BCUT2D eigenvalue weighted by Gasteiger charge is -2.40. The summed E-state index contributed by atoms with van der Waals surface area (Å²) in [6, 6.07) is 15.7. The molecule has 1 aliphatic heterocycles. The number of nitrogens with one attached hydrogen (secondary N) is 1. The molecule has 2 aromatic carbocycles. The van der Waals surface area contributed by atoms with Gasteiger partial charge in [0.2, 0.25) is 0 Å². The molecule has 1 saturated carbocycles. The molecule has 2 unspecified atom stereocenters. The molecule has 1 aliphatic carbocycles. The van der Waals surface area contributed by atoms with Crippen LogP contribution in [0.3, 0.4) is 0 Å². The number of rotatable bonds is 8. The molecule has 0 saturated heterocycles. The van der Waals surface area contributed by atoms with Crippen molar-refractivity contribution in [2.24, 2.45) is 5.92 Å². The molecule has 1 heterocycles. The minimum Gasteiger partial charge on any atom is -0.494 e. The van der Waals surface area contributed by atoms with Crippen LogP contribution in [0.15, 0.2) is 42.5 Å². The summed E-state index contributed by atoms with van der Waals surface area (Å²) in [6.07, 6.45) is 8.73. The Morgan fingerprint density at radius 2 is 1.88 bits per heavy atom. The summed E-state index contributed by atoms with van der Waals surface area (Å²) in [6.45, 7) is 10.5. The third-order valence-electron chi connectivity index (χ3n) is 7.35. The molecule has 4 rings (SSSR count). The summed E-state index contributed by atoms with van der Waals surface area (Å²) in [5, 5.41) is 4.36. The SMILES string of the molecule is CCCN1CCCc2cc(CN(C(=S)Nc3ccc(OCC)cc3)C3CCCCC3C)ccc21. The number of aryl methyl sites for hydroxylation is 1. The summed E-state index contributed by atoms with van der Waals surface area (Å²) in [4.78, 5) is 5.02. The lowest BCUT2D eigenvalue weighted by atomic mass is 9.84. The van der Waals surface area contributed by atoms with E-state index in [0.717, 1.165) is 29.6 Å². The van der Waals surface area contributed by atoms with E-state index in [2.05, 4.69) is 59.3 Å². The normalized spacial score (nSPS) is 19.9. The van der Waals surface area contributed by atoms with E-state index >= 15 is 0 Å². The van der Waals surface area contributed by atoms with Crippen LogP contribution in [-0.2, 0) is 13.0 Å². The zero-order valence-electron chi connectivity index (χ0n) is 21.2. The first-order valence-corrected chi connectivity index (χ1v) is 13.7. The van der Waals surface area contributed by atoms with Crippen LogP contribution in [0.4, 0.5) is 11.4 Å². The Balaban J connectivity index is 1.53. The zero-order valence-corrected chi connectivity index (χ0v) is 22.0. The van der Waals surface area contributed by atoms with E-state index in [0.29, 0.717) is 18.6 Å². The molecule has 0 bridgehead atoms. The molecule has 2 aliphatic rings. The van der Waals surface area contributed by atoms with Gasteiger partial charge in [-0.05, 0) is 98.6 Å². The van der Waals surface area contributed by atoms with E-state index in [1.54, 1.807) is 0 Å². The quantitative estimate of drug-likeness (QED) is 0.411. The van der Waals surface area contributed by atoms with Crippen LogP contribution in [0.25, 0.3) is 0 Å². The Labute approximate surface area is 211 Å². The maximum absolute atomic E-state index is 6.02. The minimum absolute atomic E-state index is 0.476. The fourth-order valence-corrected chi connectivity index (χ4v) is 5.94. The van der Waals surface area contributed by atoms with Crippen molar-refractivity contribution in [1.29, 1.82) is 0 Å². The molecular formula is C29H41N3OS. The molecule has 0 radical (unpaired) electrons. The first-order chi connectivity index (χ1) is 16.6. The highest BCUT2D eigenvalue weighted by Crippen LogP contribution is 2.32. The van der Waals surface area contributed by atoms with Crippen molar-refractivity contribution in [3.05, 3.63) is 53.6 Å². The Morgan fingerprint density at radius 3 is 2.62 bits per heavy atom. The fraction of sp³-hybridized carbons (Fsp3) is 0.552. The van der Waals surface area contributed by atoms with E-state index in [9.17, 15) is 0 Å². The molecule has 4 nitrogen and oxygen atoms in total. The van der Waals surface area contributed by atoms with Crippen LogP contribution in [0.1, 0.15) is 70.4 Å². The second-order valence-corrected chi connectivity index (χ2v) is 10.3. The van der Waals surface area contributed by atoms with Gasteiger partial charge >= 0.3 is 0 Å². The van der Waals surface area contributed by atoms with Crippen LogP contribution in [-0.4, -0.2) is 35.8 Å². The smallest absolute Gasteiger partial charge is 0.173 e. The topological polar surface area (TPSA) is 27.7 Å². The number of hydrogen-bond acceptors (Lipinski definition) is 3. The highest BCUT2D eigenvalue weighted by Gasteiger charge is 2.29. The summed E-state index contributed by atoms with van der Waals surface area (Å²) in [5.41, 5.74) is 5.32. The summed E-state index contributed by atoms with van der Waals surface area (Å²) < 4.78 is 5.60. The Kier molecular flexibility index (Phi) is 8.71. The van der Waals surface area contributed by atoms with Crippen molar-refractivity contribution in [3.63, 3.8) is 0 Å². The Morgan fingerprint density at radius 1 is 1.09 bits per heavy atom. The van der Waals surface area contributed by atoms with Gasteiger partial charge < -0.3 is 19.9 Å². The van der Waals surface area contributed by atoms with Crippen molar-refractivity contribution in [2.45, 2.75) is 78.3 Å². The first kappa shape index (κ1) is 24.8. The molecule has 1 N–H and O–H groups in total. The summed E-state index contributed by atoms with van der Waals surface area (Å²) in [7, 11) is 0. The van der Waals surface area contributed by atoms with Gasteiger partial charge in [-0.25, -0.2) is 0 Å². The van der Waals surface area contributed by atoms with Gasteiger partial charge in [-0.15, -0.1) is 0 Å². The van der Waals surface area contributed by atoms with Gasteiger partial charge in [0.25, 0.3) is 0 Å². The van der Waals surface area contributed by atoms with Crippen LogP contribution in [0.2, 0.25) is 0 Å². The highest BCUT2D eigenvalue weighted by molar-refractivity contribution is 7.80. The zero-order chi connectivity index (χ0) is 23.9. The van der Waals surface area contributed by atoms with Crippen LogP contribution >= 0.6 is 12.2 Å². The molecule has 34 heavy (non-hydrogen) atoms. The molecule has 0 amide bonds. The largest absolute Gasteiger partial charge is 0.494 e. The van der Waals surface area contributed by atoms with E-state index in [-0.39, 0.29) is 0 Å². The molecule has 2 atom stereocenters. The van der Waals surface area contributed by atoms with E-state index in [1.165, 1.54) is 68.3 Å². The Bertz CT molecular complexity index is 945. The molecule has 2 aromatic rings. The van der Waals surface area contributed by atoms with Crippen LogP contribution in [0, 0.1) is 5.92 Å². The Hall–Kier alpha value is -2.27. The van der Waals surface area contributed by atoms with E-state index < -0.39 is 0 Å². The van der Waals surface area contributed by atoms with Gasteiger partial charge in [-0.3, -0.25) is 0 Å².